The summed E-state index contributed by atoms with van der Waals surface area (Å²) in [5.74, 6) is 0.303. The van der Waals surface area contributed by atoms with Crippen molar-refractivity contribution in [2.75, 3.05) is 0 Å². The van der Waals surface area contributed by atoms with Crippen molar-refractivity contribution in [3.8, 4) is 17.2 Å². The quantitative estimate of drug-likeness (QED) is 0.188. The van der Waals surface area contributed by atoms with E-state index in [0.29, 0.717) is 33.4 Å². The SMILES string of the molecule is Cc1cc(C(C)(C)C)c(O)c(C)c1Cn1c(=O)n(Cc2c(C)cc(C(C)(C)C)c(O)c2C)c(=O)n(C(C)c2c(C)cc(C(C)(C)C)c(O)c2C)c1=O. The molecule has 9 heteroatoms. The maximum atomic E-state index is 14.6. The van der Waals surface area contributed by atoms with Crippen LogP contribution in [0.1, 0.15) is 142 Å². The number of hydrogen-bond acceptors (Lipinski definition) is 6. The molecule has 0 bridgehead atoms. The van der Waals surface area contributed by atoms with Gasteiger partial charge in [-0.05, 0) is 131 Å². The molecule has 1 heterocycles. The van der Waals surface area contributed by atoms with Gasteiger partial charge in [-0.15, -0.1) is 0 Å². The van der Waals surface area contributed by atoms with Gasteiger partial charge in [0.05, 0.1) is 19.1 Å². The second-order valence-corrected chi connectivity index (χ2v) is 17.8. The van der Waals surface area contributed by atoms with Gasteiger partial charge in [-0.25, -0.2) is 28.1 Å². The van der Waals surface area contributed by atoms with Crippen LogP contribution in [0.5, 0.6) is 17.2 Å². The summed E-state index contributed by atoms with van der Waals surface area (Å²) < 4.78 is 3.21. The van der Waals surface area contributed by atoms with Crippen molar-refractivity contribution < 1.29 is 15.3 Å². The van der Waals surface area contributed by atoms with E-state index in [4.69, 9.17) is 0 Å². The standard InChI is InChI=1S/C43H59N3O6/c1-22-17-31(41(8,9)10)35(47)25(4)29(22)20-44-38(50)45(21-30-23(2)18-32(42(11,12)13)36(48)26(30)5)40(52)46(39(44)51)28(7)34-24(3)19-33(43(14,15)16)37(49)27(34)6/h17-19,28,47-49H,20-21H2,1-16H3. The molecule has 4 rings (SSSR count). The maximum absolute atomic E-state index is 14.6. The highest BCUT2D eigenvalue weighted by Gasteiger charge is 2.30. The third-order valence-corrected chi connectivity index (χ3v) is 10.8. The Bertz CT molecular complexity index is 2150. The molecule has 0 spiro atoms. The van der Waals surface area contributed by atoms with E-state index in [1.807, 2.05) is 101 Å². The summed E-state index contributed by atoms with van der Waals surface area (Å²) in [4.78, 5) is 43.7. The fourth-order valence-electron chi connectivity index (χ4n) is 7.56. The Morgan fingerprint density at radius 1 is 0.519 bits per heavy atom. The molecule has 0 saturated heterocycles. The van der Waals surface area contributed by atoms with Crippen LogP contribution in [0.2, 0.25) is 0 Å². The normalized spacial score (nSPS) is 13.2. The first-order valence-corrected chi connectivity index (χ1v) is 18.1. The smallest absolute Gasteiger partial charge is 0.337 e. The molecule has 1 aromatic heterocycles. The summed E-state index contributed by atoms with van der Waals surface area (Å²) >= 11 is 0. The molecule has 0 radical (unpaired) electrons. The topological polar surface area (TPSA) is 127 Å². The fraction of sp³-hybridized carbons (Fsp3) is 0.512. The third-order valence-electron chi connectivity index (χ3n) is 10.8. The first-order valence-electron chi connectivity index (χ1n) is 18.1. The van der Waals surface area contributed by atoms with E-state index in [2.05, 4.69) is 0 Å². The Labute approximate surface area is 308 Å². The zero-order valence-corrected chi connectivity index (χ0v) is 34.1. The number of benzene rings is 3. The largest absolute Gasteiger partial charge is 0.507 e. The molecule has 0 saturated carbocycles. The summed E-state index contributed by atoms with van der Waals surface area (Å²) in [5, 5.41) is 34.0. The van der Waals surface area contributed by atoms with Crippen LogP contribution in [-0.2, 0) is 29.3 Å². The maximum Gasteiger partial charge on any atom is 0.337 e. The van der Waals surface area contributed by atoms with Gasteiger partial charge >= 0.3 is 17.1 Å². The van der Waals surface area contributed by atoms with Gasteiger partial charge < -0.3 is 15.3 Å². The number of phenols is 3. The summed E-state index contributed by atoms with van der Waals surface area (Å²) in [5.41, 5.74) is 4.69. The summed E-state index contributed by atoms with van der Waals surface area (Å²) in [6.45, 7) is 30.4. The molecule has 9 nitrogen and oxygen atoms in total. The average molecular weight is 714 g/mol. The summed E-state index contributed by atoms with van der Waals surface area (Å²) in [6.07, 6.45) is 0. The molecule has 1 atom stereocenters. The van der Waals surface area contributed by atoms with Gasteiger partial charge in [-0.1, -0.05) is 80.5 Å². The van der Waals surface area contributed by atoms with Crippen molar-refractivity contribution in [3.05, 3.63) is 116 Å². The lowest BCUT2D eigenvalue weighted by molar-refractivity contribution is 0.428. The third kappa shape index (κ3) is 6.98. The van der Waals surface area contributed by atoms with Crippen molar-refractivity contribution in [1.82, 2.24) is 13.7 Å². The van der Waals surface area contributed by atoms with E-state index in [1.54, 1.807) is 27.7 Å². The lowest BCUT2D eigenvalue weighted by atomic mass is 9.81. The Morgan fingerprint density at radius 3 is 1.15 bits per heavy atom. The van der Waals surface area contributed by atoms with Crippen LogP contribution < -0.4 is 17.1 Å². The molecule has 0 fully saturated rings. The first-order chi connectivity index (χ1) is 23.6. The first kappa shape index (κ1) is 40.2. The molecule has 0 amide bonds. The second kappa shape index (κ2) is 13.5. The number of aryl methyl sites for hydroxylation is 3. The van der Waals surface area contributed by atoms with Gasteiger partial charge in [0.25, 0.3) is 0 Å². The van der Waals surface area contributed by atoms with Crippen molar-refractivity contribution in [2.45, 2.75) is 146 Å². The molecule has 3 N–H and O–H groups in total. The van der Waals surface area contributed by atoms with Crippen molar-refractivity contribution in [3.63, 3.8) is 0 Å². The molecule has 0 aliphatic rings. The van der Waals surface area contributed by atoms with Gasteiger partial charge in [0.2, 0.25) is 0 Å². The minimum absolute atomic E-state index is 0.1000. The number of aromatic hydroxyl groups is 3. The lowest BCUT2D eigenvalue weighted by Crippen LogP contribution is -2.55. The average Bonchev–Trinajstić information content (AvgIpc) is 3.00. The van der Waals surface area contributed by atoms with Gasteiger partial charge in [0.1, 0.15) is 17.2 Å². The summed E-state index contributed by atoms with van der Waals surface area (Å²) in [7, 11) is 0. The van der Waals surface area contributed by atoms with Crippen LogP contribution in [0.25, 0.3) is 0 Å². The Kier molecular flexibility index (Phi) is 10.4. The van der Waals surface area contributed by atoms with Crippen molar-refractivity contribution in [1.29, 1.82) is 0 Å². The Morgan fingerprint density at radius 2 is 0.827 bits per heavy atom. The molecule has 1 unspecified atom stereocenters. The van der Waals surface area contributed by atoms with Crippen LogP contribution in [0.15, 0.2) is 32.6 Å². The van der Waals surface area contributed by atoms with Crippen molar-refractivity contribution >= 4 is 0 Å². The van der Waals surface area contributed by atoms with E-state index >= 15 is 0 Å². The number of hydrogen-bond donors (Lipinski definition) is 3. The molecule has 0 aliphatic carbocycles. The van der Waals surface area contributed by atoms with Crippen LogP contribution in [0, 0.1) is 41.5 Å². The molecule has 0 aliphatic heterocycles. The van der Waals surface area contributed by atoms with Gasteiger partial charge in [-0.3, -0.25) is 0 Å². The minimum atomic E-state index is -0.865. The van der Waals surface area contributed by atoms with Gasteiger partial charge in [-0.2, -0.15) is 0 Å². The second-order valence-electron chi connectivity index (χ2n) is 17.8. The fourth-order valence-corrected chi connectivity index (χ4v) is 7.56. The highest BCUT2D eigenvalue weighted by atomic mass is 16.3. The van der Waals surface area contributed by atoms with Gasteiger partial charge in [0.15, 0.2) is 0 Å². The summed E-state index contributed by atoms with van der Waals surface area (Å²) in [6, 6.07) is 4.80. The number of rotatable bonds is 6. The van der Waals surface area contributed by atoms with Crippen LogP contribution in [0.3, 0.4) is 0 Å². The Hall–Kier alpha value is -4.53. The zero-order valence-electron chi connectivity index (χ0n) is 34.1. The molecular weight excluding hydrogens is 654 g/mol. The van der Waals surface area contributed by atoms with Crippen LogP contribution >= 0.6 is 0 Å². The van der Waals surface area contributed by atoms with E-state index in [0.717, 1.165) is 47.1 Å². The van der Waals surface area contributed by atoms with Crippen LogP contribution in [-0.4, -0.2) is 29.0 Å². The van der Waals surface area contributed by atoms with E-state index in [1.165, 1.54) is 0 Å². The predicted octanol–water partition coefficient (Wildman–Crippen LogP) is 7.74. The molecular formula is C43H59N3O6. The van der Waals surface area contributed by atoms with E-state index < -0.39 is 23.1 Å². The lowest BCUT2D eigenvalue weighted by Gasteiger charge is -2.28. The predicted molar refractivity (Wildman–Crippen MR) is 210 cm³/mol. The monoisotopic (exact) mass is 713 g/mol. The molecule has 52 heavy (non-hydrogen) atoms. The highest BCUT2D eigenvalue weighted by Crippen LogP contribution is 2.40. The molecule has 3 aromatic carbocycles. The number of nitrogens with zero attached hydrogens (tertiary/aromatic N) is 3. The Balaban J connectivity index is 2.09. The van der Waals surface area contributed by atoms with Crippen molar-refractivity contribution in [2.24, 2.45) is 0 Å². The zero-order chi connectivity index (χ0) is 39.7. The van der Waals surface area contributed by atoms with E-state index in [9.17, 15) is 29.7 Å². The molecule has 282 valence electrons. The van der Waals surface area contributed by atoms with Gasteiger partial charge in [0, 0.05) is 0 Å². The number of aromatic nitrogens is 3. The highest BCUT2D eigenvalue weighted by molar-refractivity contribution is 5.54. The minimum Gasteiger partial charge on any atom is -0.507 e. The van der Waals surface area contributed by atoms with E-state index in [-0.39, 0.29) is 46.6 Å². The number of phenolic OH excluding ortho intramolecular Hbond substituents is 3. The molecule has 4 aromatic rings. The van der Waals surface area contributed by atoms with Crippen LogP contribution in [0.4, 0.5) is 0 Å².